The van der Waals surface area contributed by atoms with Crippen LogP contribution < -0.4 is 5.32 Å². The summed E-state index contributed by atoms with van der Waals surface area (Å²) in [4.78, 5) is 25.9. The number of likely N-dealkylation sites (tertiary alicyclic amines) is 1. The summed E-state index contributed by atoms with van der Waals surface area (Å²) in [5, 5.41) is 3.20. The van der Waals surface area contributed by atoms with Gasteiger partial charge >= 0.3 is 5.97 Å². The van der Waals surface area contributed by atoms with Crippen molar-refractivity contribution in [3.63, 3.8) is 0 Å². The fourth-order valence-corrected chi connectivity index (χ4v) is 4.16. The molecule has 2 atom stereocenters. The SMILES string of the molecule is CCCC[N+]1(COC(=O)C(C)(C)C)CCCCC1C(=O)Nc1c(C)cccc1C. The molecule has 0 spiro atoms. The van der Waals surface area contributed by atoms with Gasteiger partial charge in [-0.2, -0.15) is 0 Å². The normalized spacial score (nSPS) is 22.2. The Morgan fingerprint density at radius 2 is 1.83 bits per heavy atom. The van der Waals surface area contributed by atoms with Crippen LogP contribution in [0.15, 0.2) is 18.2 Å². The van der Waals surface area contributed by atoms with Crippen LogP contribution in [0.5, 0.6) is 0 Å². The first-order valence-electron chi connectivity index (χ1n) is 11.0. The van der Waals surface area contributed by atoms with Crippen LogP contribution in [0, 0.1) is 19.3 Å². The maximum Gasteiger partial charge on any atom is 0.315 e. The van der Waals surface area contributed by atoms with Gasteiger partial charge < -0.3 is 10.1 Å². The van der Waals surface area contributed by atoms with E-state index in [0.29, 0.717) is 4.48 Å². The number of carbonyl (C=O) groups excluding carboxylic acids is 2. The third-order valence-corrected chi connectivity index (χ3v) is 6.05. The summed E-state index contributed by atoms with van der Waals surface area (Å²) in [5.41, 5.74) is 2.50. The topological polar surface area (TPSA) is 55.4 Å². The first kappa shape index (κ1) is 23.4. The molecule has 0 aliphatic carbocycles. The molecule has 1 aromatic rings. The Balaban J connectivity index is 2.26. The minimum atomic E-state index is -0.541. The van der Waals surface area contributed by atoms with Gasteiger partial charge in [0.1, 0.15) is 0 Å². The van der Waals surface area contributed by atoms with E-state index < -0.39 is 5.41 Å². The Kier molecular flexibility index (Phi) is 7.87. The predicted octanol–water partition coefficient (Wildman–Crippen LogP) is 4.96. The Labute approximate surface area is 176 Å². The molecule has 0 aromatic heterocycles. The van der Waals surface area contributed by atoms with E-state index in [1.165, 1.54) is 0 Å². The number of amides is 1. The zero-order valence-corrected chi connectivity index (χ0v) is 19.1. The second-order valence-corrected chi connectivity index (χ2v) is 9.60. The molecule has 1 amide bonds. The number of hydrogen-bond acceptors (Lipinski definition) is 3. The van der Waals surface area contributed by atoms with Crippen LogP contribution in [-0.4, -0.2) is 42.2 Å². The number of anilines is 1. The Bertz CT molecular complexity index is 703. The van der Waals surface area contributed by atoms with Crippen molar-refractivity contribution in [3.8, 4) is 0 Å². The van der Waals surface area contributed by atoms with Crippen LogP contribution in [0.25, 0.3) is 0 Å². The monoisotopic (exact) mass is 403 g/mol. The first-order valence-corrected chi connectivity index (χ1v) is 11.0. The number of nitrogens with one attached hydrogen (secondary N) is 1. The van der Waals surface area contributed by atoms with E-state index in [2.05, 4.69) is 12.2 Å². The van der Waals surface area contributed by atoms with Crippen LogP contribution >= 0.6 is 0 Å². The molecule has 1 heterocycles. The molecule has 1 aromatic carbocycles. The average Bonchev–Trinajstić information content (AvgIpc) is 2.67. The second kappa shape index (κ2) is 9.75. The van der Waals surface area contributed by atoms with Gasteiger partial charge in [0, 0.05) is 12.1 Å². The van der Waals surface area contributed by atoms with Crippen molar-refractivity contribution >= 4 is 17.6 Å². The maximum absolute atomic E-state index is 13.4. The number of nitrogens with zero attached hydrogens (tertiary/aromatic N) is 1. The zero-order chi connectivity index (χ0) is 21.7. The van der Waals surface area contributed by atoms with Gasteiger partial charge in [0.25, 0.3) is 5.91 Å². The smallest absolute Gasteiger partial charge is 0.315 e. The number of unbranched alkanes of at least 4 members (excludes halogenated alkanes) is 1. The quantitative estimate of drug-likeness (QED) is 0.517. The molecule has 0 radical (unpaired) electrons. The number of benzene rings is 1. The minimum Gasteiger partial charge on any atom is -0.415 e. The van der Waals surface area contributed by atoms with Gasteiger partial charge in [0.2, 0.25) is 6.73 Å². The summed E-state index contributed by atoms with van der Waals surface area (Å²) in [6.07, 6.45) is 4.99. The third kappa shape index (κ3) is 5.81. The number of ether oxygens (including phenoxy) is 1. The summed E-state index contributed by atoms with van der Waals surface area (Å²) >= 11 is 0. The van der Waals surface area contributed by atoms with Crippen molar-refractivity contribution in [2.45, 2.75) is 79.7 Å². The summed E-state index contributed by atoms with van der Waals surface area (Å²) in [7, 11) is 0. The zero-order valence-electron chi connectivity index (χ0n) is 19.1. The number of rotatable bonds is 7. The van der Waals surface area contributed by atoms with E-state index in [1.54, 1.807) is 0 Å². The summed E-state index contributed by atoms with van der Waals surface area (Å²) in [6.45, 7) is 13.8. The highest BCUT2D eigenvalue weighted by atomic mass is 16.5. The van der Waals surface area contributed by atoms with Crippen molar-refractivity contribution in [3.05, 3.63) is 29.3 Å². The molecule has 1 saturated heterocycles. The largest absolute Gasteiger partial charge is 0.415 e. The number of para-hydroxylation sites is 1. The van der Waals surface area contributed by atoms with Crippen molar-refractivity contribution in [2.75, 3.05) is 25.1 Å². The molecule has 162 valence electrons. The van der Waals surface area contributed by atoms with E-state index >= 15 is 0 Å². The van der Waals surface area contributed by atoms with Crippen LogP contribution in [0.1, 0.15) is 70.9 Å². The van der Waals surface area contributed by atoms with Crippen LogP contribution in [0.3, 0.4) is 0 Å². The first-order chi connectivity index (χ1) is 13.6. The van der Waals surface area contributed by atoms with E-state index in [0.717, 1.165) is 62.0 Å². The molecule has 2 rings (SSSR count). The molecule has 1 N–H and O–H groups in total. The molecule has 1 aliphatic heterocycles. The van der Waals surface area contributed by atoms with Gasteiger partial charge in [-0.05, 0) is 65.0 Å². The predicted molar refractivity (Wildman–Crippen MR) is 118 cm³/mol. The van der Waals surface area contributed by atoms with Crippen molar-refractivity contribution in [2.24, 2.45) is 5.41 Å². The van der Waals surface area contributed by atoms with Gasteiger partial charge in [-0.3, -0.25) is 14.1 Å². The van der Waals surface area contributed by atoms with Crippen molar-refractivity contribution < 1.29 is 18.8 Å². The number of piperidine rings is 1. The summed E-state index contributed by atoms with van der Waals surface area (Å²) in [5.74, 6) is -0.156. The third-order valence-electron chi connectivity index (χ3n) is 6.05. The lowest BCUT2D eigenvalue weighted by atomic mass is 9.96. The van der Waals surface area contributed by atoms with Crippen LogP contribution in [-0.2, 0) is 14.3 Å². The number of esters is 1. The molecule has 1 aliphatic rings. The Morgan fingerprint density at radius 3 is 2.41 bits per heavy atom. The van der Waals surface area contributed by atoms with Gasteiger partial charge in [0.05, 0.1) is 18.5 Å². The highest BCUT2D eigenvalue weighted by Crippen LogP contribution is 2.30. The van der Waals surface area contributed by atoms with Crippen LogP contribution in [0.2, 0.25) is 0 Å². The van der Waals surface area contributed by atoms with E-state index in [4.69, 9.17) is 4.74 Å². The highest BCUT2D eigenvalue weighted by molar-refractivity contribution is 5.95. The van der Waals surface area contributed by atoms with Gasteiger partial charge in [-0.1, -0.05) is 31.5 Å². The van der Waals surface area contributed by atoms with E-state index in [1.807, 2.05) is 52.8 Å². The number of carbonyl (C=O) groups is 2. The lowest BCUT2D eigenvalue weighted by Crippen LogP contribution is -2.63. The fraction of sp³-hybridized carbons (Fsp3) is 0.667. The molecule has 29 heavy (non-hydrogen) atoms. The van der Waals surface area contributed by atoms with Crippen molar-refractivity contribution in [1.29, 1.82) is 0 Å². The molecule has 0 bridgehead atoms. The van der Waals surface area contributed by atoms with Crippen molar-refractivity contribution in [1.82, 2.24) is 0 Å². The standard InChI is InChI=1S/C24H38N2O3/c1-7-8-15-26(17-29-23(28)24(4,5)6)16-10-9-14-20(26)22(27)25-21-18(2)12-11-13-19(21)3/h11-13,20H,7-10,14-17H2,1-6H3/p+1. The lowest BCUT2D eigenvalue weighted by Gasteiger charge is -2.46. The number of quaternary nitrogens is 1. The van der Waals surface area contributed by atoms with Gasteiger partial charge in [-0.25, -0.2) is 0 Å². The molecule has 1 fully saturated rings. The maximum atomic E-state index is 13.4. The lowest BCUT2D eigenvalue weighted by molar-refractivity contribution is -0.962. The molecule has 5 heteroatoms. The molecule has 0 saturated carbocycles. The molecular weight excluding hydrogens is 364 g/mol. The fourth-order valence-electron chi connectivity index (χ4n) is 4.16. The highest BCUT2D eigenvalue weighted by Gasteiger charge is 2.45. The summed E-state index contributed by atoms with van der Waals surface area (Å²) in [6, 6.07) is 5.86. The molecule has 2 unspecified atom stereocenters. The van der Waals surface area contributed by atoms with Gasteiger partial charge in [-0.15, -0.1) is 0 Å². The Morgan fingerprint density at radius 1 is 1.17 bits per heavy atom. The summed E-state index contributed by atoms with van der Waals surface area (Å²) < 4.78 is 6.33. The number of hydrogen-bond donors (Lipinski definition) is 1. The molecular formula is C24H39N2O3+. The van der Waals surface area contributed by atoms with E-state index in [-0.39, 0.29) is 24.6 Å². The molecule has 5 nitrogen and oxygen atoms in total. The second-order valence-electron chi connectivity index (χ2n) is 9.60. The Hall–Kier alpha value is -1.88. The van der Waals surface area contributed by atoms with Gasteiger partial charge in [0.15, 0.2) is 6.04 Å². The number of aryl methyl sites for hydroxylation is 2. The van der Waals surface area contributed by atoms with E-state index in [9.17, 15) is 9.59 Å². The average molecular weight is 404 g/mol. The minimum absolute atomic E-state index is 0.0463. The van der Waals surface area contributed by atoms with Crippen LogP contribution in [0.4, 0.5) is 5.69 Å².